The van der Waals surface area contributed by atoms with Crippen LogP contribution in [0.1, 0.15) is 20.7 Å². The van der Waals surface area contributed by atoms with E-state index in [4.69, 9.17) is 21.1 Å². The molecule has 0 saturated carbocycles. The molecule has 0 radical (unpaired) electrons. The molecule has 0 saturated heterocycles. The highest BCUT2D eigenvalue weighted by Crippen LogP contribution is 2.23. The smallest absolute Gasteiger partial charge is 0.335 e. The van der Waals surface area contributed by atoms with Crippen LogP contribution >= 0.6 is 0 Å². The van der Waals surface area contributed by atoms with Crippen LogP contribution in [-0.2, 0) is 0 Å². The van der Waals surface area contributed by atoms with Crippen molar-refractivity contribution in [1.82, 2.24) is 0 Å². The van der Waals surface area contributed by atoms with Crippen molar-refractivity contribution < 1.29 is 24.9 Å². The minimum Gasteiger partial charge on any atom is -0.508 e. The van der Waals surface area contributed by atoms with Crippen LogP contribution in [0.15, 0.2) is 97.1 Å². The molecule has 0 aliphatic rings. The van der Waals surface area contributed by atoms with E-state index < -0.39 is 11.9 Å². The Morgan fingerprint density at radius 3 is 1.06 bits per heavy atom. The average molecular weight is 427 g/mol. The molecule has 4 rings (SSSR count). The number of carbonyl (C=O) groups excluding carboxylic acids is 1. The van der Waals surface area contributed by atoms with Gasteiger partial charge in [-0.3, -0.25) is 4.79 Å². The molecule has 5 N–H and O–H groups in total. The number of carbonyl (C=O) groups is 2. The number of phenolic OH excluding ortho intramolecular Hbond substituents is 2. The maximum atomic E-state index is 10.9. The van der Waals surface area contributed by atoms with Gasteiger partial charge in [0.15, 0.2) is 0 Å². The van der Waals surface area contributed by atoms with Gasteiger partial charge in [0.25, 0.3) is 0 Å². The average Bonchev–Trinajstić information content (AvgIpc) is 2.81. The Balaban J connectivity index is 0.000000181. The summed E-state index contributed by atoms with van der Waals surface area (Å²) in [5, 5.41) is 27.1. The lowest BCUT2D eigenvalue weighted by atomic mass is 10.0. The Labute approximate surface area is 184 Å². The van der Waals surface area contributed by atoms with Crippen LogP contribution in [0.4, 0.5) is 0 Å². The molecule has 6 heteroatoms. The second-order valence-corrected chi connectivity index (χ2v) is 6.92. The highest BCUT2D eigenvalue weighted by atomic mass is 16.4. The van der Waals surface area contributed by atoms with Crippen LogP contribution in [0.5, 0.6) is 11.5 Å². The monoisotopic (exact) mass is 427 g/mol. The van der Waals surface area contributed by atoms with E-state index in [1.165, 1.54) is 0 Å². The van der Waals surface area contributed by atoms with Gasteiger partial charge in [0.1, 0.15) is 11.5 Å². The molecular formula is C26H21NO5. The first kappa shape index (κ1) is 22.1. The summed E-state index contributed by atoms with van der Waals surface area (Å²) in [6.45, 7) is 0. The number of nitrogens with two attached hydrogens (primary N) is 1. The Morgan fingerprint density at radius 2 is 0.781 bits per heavy atom. The predicted octanol–water partition coefficient (Wildman–Crippen LogP) is 4.92. The molecule has 0 atom stereocenters. The standard InChI is InChI=1S/C13H11NO2.C13H10O3/c14-13(16)11-3-1-9(2-4-11)10-5-7-12(15)8-6-10;14-12-7-5-10(6-8-12)9-1-3-11(4-2-9)13(15)16/h1-8,15H,(H2,14,16);1-8,14H,(H,15,16). The third kappa shape index (κ3) is 5.73. The fourth-order valence-corrected chi connectivity index (χ4v) is 2.94. The topological polar surface area (TPSA) is 121 Å². The molecule has 0 heterocycles. The van der Waals surface area contributed by atoms with Gasteiger partial charge in [-0.1, -0.05) is 48.5 Å². The van der Waals surface area contributed by atoms with E-state index in [0.29, 0.717) is 5.56 Å². The minimum absolute atomic E-state index is 0.214. The molecular weight excluding hydrogens is 406 g/mol. The highest BCUT2D eigenvalue weighted by molar-refractivity contribution is 5.93. The third-order valence-electron chi connectivity index (χ3n) is 4.70. The highest BCUT2D eigenvalue weighted by Gasteiger charge is 2.03. The summed E-state index contributed by atoms with van der Waals surface area (Å²) >= 11 is 0. The Bertz CT molecular complexity index is 1100. The number of aromatic carboxylic acids is 1. The third-order valence-corrected chi connectivity index (χ3v) is 4.70. The van der Waals surface area contributed by atoms with E-state index in [-0.39, 0.29) is 17.1 Å². The molecule has 0 aliphatic heterocycles. The number of carboxylic acids is 1. The summed E-state index contributed by atoms with van der Waals surface area (Å²) in [4.78, 5) is 21.5. The molecule has 0 spiro atoms. The van der Waals surface area contributed by atoms with E-state index in [1.54, 1.807) is 72.8 Å². The molecule has 0 fully saturated rings. The summed E-state index contributed by atoms with van der Waals surface area (Å²) in [6.07, 6.45) is 0. The Morgan fingerprint density at radius 1 is 0.500 bits per heavy atom. The number of primary amides is 1. The fraction of sp³-hybridized carbons (Fsp3) is 0. The number of rotatable bonds is 4. The van der Waals surface area contributed by atoms with Gasteiger partial charge in [0.2, 0.25) is 5.91 Å². The van der Waals surface area contributed by atoms with Crippen molar-refractivity contribution >= 4 is 11.9 Å². The summed E-state index contributed by atoms with van der Waals surface area (Å²) in [5.41, 5.74) is 9.72. The number of phenols is 2. The molecule has 32 heavy (non-hydrogen) atoms. The van der Waals surface area contributed by atoms with E-state index >= 15 is 0 Å². The van der Waals surface area contributed by atoms with Gasteiger partial charge < -0.3 is 21.1 Å². The van der Waals surface area contributed by atoms with E-state index in [1.807, 2.05) is 24.3 Å². The zero-order chi connectivity index (χ0) is 23.1. The lowest BCUT2D eigenvalue weighted by Crippen LogP contribution is -2.10. The quantitative estimate of drug-likeness (QED) is 0.369. The lowest BCUT2D eigenvalue weighted by molar-refractivity contribution is 0.0696. The molecule has 0 aliphatic carbocycles. The maximum Gasteiger partial charge on any atom is 0.335 e. The van der Waals surface area contributed by atoms with Crippen molar-refractivity contribution in [2.24, 2.45) is 5.73 Å². The second kappa shape index (κ2) is 9.95. The number of carboxylic acid groups (broad SMARTS) is 1. The van der Waals surface area contributed by atoms with Gasteiger partial charge in [-0.15, -0.1) is 0 Å². The van der Waals surface area contributed by atoms with E-state index in [2.05, 4.69) is 0 Å². The zero-order valence-electron chi connectivity index (χ0n) is 17.0. The number of benzene rings is 4. The number of hydrogen-bond acceptors (Lipinski definition) is 4. The van der Waals surface area contributed by atoms with Gasteiger partial charge >= 0.3 is 5.97 Å². The molecule has 6 nitrogen and oxygen atoms in total. The number of aromatic hydroxyl groups is 2. The maximum absolute atomic E-state index is 10.9. The summed E-state index contributed by atoms with van der Waals surface area (Å²) in [5.74, 6) is -0.919. The summed E-state index contributed by atoms with van der Waals surface area (Å²) in [7, 11) is 0. The molecule has 1 amide bonds. The largest absolute Gasteiger partial charge is 0.508 e. The predicted molar refractivity (Wildman–Crippen MR) is 123 cm³/mol. The van der Waals surface area contributed by atoms with Crippen LogP contribution in [0.25, 0.3) is 22.3 Å². The normalized spacial score (nSPS) is 10.0. The van der Waals surface area contributed by atoms with E-state index in [9.17, 15) is 9.59 Å². The van der Waals surface area contributed by atoms with Gasteiger partial charge in [0.05, 0.1) is 5.56 Å². The van der Waals surface area contributed by atoms with Crippen molar-refractivity contribution in [2.45, 2.75) is 0 Å². The molecule has 4 aromatic carbocycles. The zero-order valence-corrected chi connectivity index (χ0v) is 17.0. The van der Waals surface area contributed by atoms with Crippen molar-refractivity contribution in [2.75, 3.05) is 0 Å². The molecule has 160 valence electrons. The van der Waals surface area contributed by atoms with Gasteiger partial charge in [-0.2, -0.15) is 0 Å². The van der Waals surface area contributed by atoms with Crippen LogP contribution in [0.2, 0.25) is 0 Å². The Hall–Kier alpha value is -4.58. The lowest BCUT2D eigenvalue weighted by Gasteiger charge is -2.02. The fourth-order valence-electron chi connectivity index (χ4n) is 2.94. The SMILES string of the molecule is NC(=O)c1ccc(-c2ccc(O)cc2)cc1.O=C(O)c1ccc(-c2ccc(O)cc2)cc1. The van der Waals surface area contributed by atoms with Crippen molar-refractivity contribution in [1.29, 1.82) is 0 Å². The summed E-state index contributed by atoms with van der Waals surface area (Å²) in [6, 6.07) is 27.3. The number of amides is 1. The first-order valence-corrected chi connectivity index (χ1v) is 9.65. The summed E-state index contributed by atoms with van der Waals surface area (Å²) < 4.78 is 0. The van der Waals surface area contributed by atoms with Gasteiger partial charge in [0, 0.05) is 5.56 Å². The van der Waals surface area contributed by atoms with Crippen molar-refractivity contribution in [3.8, 4) is 33.8 Å². The minimum atomic E-state index is -0.933. The van der Waals surface area contributed by atoms with Crippen molar-refractivity contribution in [3.63, 3.8) is 0 Å². The van der Waals surface area contributed by atoms with E-state index in [0.717, 1.165) is 22.3 Å². The molecule has 0 aromatic heterocycles. The second-order valence-electron chi connectivity index (χ2n) is 6.92. The van der Waals surface area contributed by atoms with Crippen molar-refractivity contribution in [3.05, 3.63) is 108 Å². The van der Waals surface area contributed by atoms with Gasteiger partial charge in [-0.25, -0.2) is 4.79 Å². The van der Waals surface area contributed by atoms with Crippen LogP contribution < -0.4 is 5.73 Å². The molecule has 0 bridgehead atoms. The molecule has 4 aromatic rings. The Kier molecular flexibility index (Phi) is 6.88. The first-order valence-electron chi connectivity index (χ1n) is 9.65. The van der Waals surface area contributed by atoms with Crippen LogP contribution in [-0.4, -0.2) is 27.2 Å². The van der Waals surface area contributed by atoms with Gasteiger partial charge in [-0.05, 0) is 70.8 Å². The number of hydrogen-bond donors (Lipinski definition) is 4. The van der Waals surface area contributed by atoms with Crippen LogP contribution in [0.3, 0.4) is 0 Å². The first-order chi connectivity index (χ1) is 15.3. The van der Waals surface area contributed by atoms with Crippen LogP contribution in [0, 0.1) is 0 Å². The molecule has 0 unspecified atom stereocenters.